The molecule has 29 heavy (non-hydrogen) atoms. The van der Waals surface area contributed by atoms with E-state index in [0.29, 0.717) is 5.69 Å². The van der Waals surface area contributed by atoms with E-state index in [0.717, 1.165) is 29.4 Å². The molecule has 0 spiro atoms. The zero-order chi connectivity index (χ0) is 21.3. The van der Waals surface area contributed by atoms with Crippen molar-refractivity contribution in [1.29, 1.82) is 0 Å². The number of fused-ring (bicyclic) bond motifs is 1. The highest BCUT2D eigenvalue weighted by Crippen LogP contribution is 2.30. The fourth-order valence-electron chi connectivity index (χ4n) is 3.19. The fraction of sp³-hybridized carbons (Fsp3) is 0.450. The van der Waals surface area contributed by atoms with Crippen LogP contribution in [0.3, 0.4) is 0 Å². The van der Waals surface area contributed by atoms with Crippen LogP contribution >= 0.6 is 0 Å². The number of nitrogens with zero attached hydrogens (tertiary/aromatic N) is 3. The van der Waals surface area contributed by atoms with Gasteiger partial charge in [0.25, 0.3) is 11.5 Å². The van der Waals surface area contributed by atoms with Gasteiger partial charge in [-0.15, -0.1) is 10.2 Å². The molecule has 0 fully saturated rings. The molecule has 1 amide bonds. The Kier molecular flexibility index (Phi) is 5.41. The fourth-order valence-corrected chi connectivity index (χ4v) is 3.19. The van der Waals surface area contributed by atoms with Gasteiger partial charge in [0.15, 0.2) is 5.65 Å². The molecule has 2 heterocycles. The number of carbonyl (C=O) groups excluding carboxylic acids is 2. The molecule has 0 atom stereocenters. The lowest BCUT2D eigenvalue weighted by atomic mass is 10.1. The molecule has 1 aliphatic rings. The normalized spacial score (nSPS) is 14.0. The quantitative estimate of drug-likeness (QED) is 0.748. The Morgan fingerprint density at radius 1 is 1.31 bits per heavy atom. The molecule has 0 bridgehead atoms. The Labute approximate surface area is 167 Å². The smallest absolute Gasteiger partial charge is 0.325 e. The lowest BCUT2D eigenvalue weighted by Crippen LogP contribution is -2.37. The average molecular weight is 400 g/mol. The first-order chi connectivity index (χ1) is 13.6. The Hall–Kier alpha value is -3.23. The molecule has 0 saturated carbocycles. The van der Waals surface area contributed by atoms with Crippen molar-refractivity contribution in [1.82, 2.24) is 20.1 Å². The third-order valence-corrected chi connectivity index (χ3v) is 4.51. The molecule has 0 aliphatic heterocycles. The first kappa shape index (κ1) is 20.5. The van der Waals surface area contributed by atoms with Gasteiger partial charge in [0, 0.05) is 7.05 Å². The molecule has 2 aromatic heterocycles. The number of aromatic hydroxyl groups is 1. The second-order valence-electron chi connectivity index (χ2n) is 7.95. The van der Waals surface area contributed by atoms with Gasteiger partial charge in [-0.2, -0.15) is 0 Å². The van der Waals surface area contributed by atoms with Crippen molar-refractivity contribution in [3.8, 4) is 5.75 Å². The first-order valence-electron chi connectivity index (χ1n) is 9.37. The molecule has 3 rings (SSSR count). The number of carbonyl (C=O) groups is 2. The number of hydrogen-bond donors (Lipinski definition) is 2. The summed E-state index contributed by atoms with van der Waals surface area (Å²) in [4.78, 5) is 37.0. The lowest BCUT2D eigenvalue weighted by Gasteiger charge is -2.19. The Morgan fingerprint density at radius 3 is 2.66 bits per heavy atom. The van der Waals surface area contributed by atoms with Gasteiger partial charge in [0.2, 0.25) is 0 Å². The number of allylic oxidation sites excluding steroid dienone is 2. The maximum atomic E-state index is 12.6. The topological polar surface area (TPSA) is 123 Å². The SMILES string of the molecule is Cn1c(=O)c(C(=O)NCC(=O)OC(C)(C)C)c(O)c2cc(C3=CCCC3)nnc21. The summed E-state index contributed by atoms with van der Waals surface area (Å²) in [6.45, 7) is 4.69. The highest BCUT2D eigenvalue weighted by atomic mass is 16.6. The standard InChI is InChI=1S/C20H24N4O5/c1-20(2,3)29-14(25)10-21-18(27)15-16(26)12-9-13(11-7-5-6-8-11)22-23-17(12)24(4)19(15)28/h7,9,26H,5-6,8,10H2,1-4H3,(H,21,27). The van der Waals surface area contributed by atoms with Crippen molar-refractivity contribution in [3.05, 3.63) is 33.8 Å². The van der Waals surface area contributed by atoms with Crippen molar-refractivity contribution in [2.75, 3.05) is 6.54 Å². The Balaban J connectivity index is 1.95. The van der Waals surface area contributed by atoms with Crippen LogP contribution in [0, 0.1) is 0 Å². The van der Waals surface area contributed by atoms with Gasteiger partial charge in [0.1, 0.15) is 23.5 Å². The predicted molar refractivity (Wildman–Crippen MR) is 106 cm³/mol. The molecule has 9 heteroatoms. The third kappa shape index (κ3) is 4.28. The van der Waals surface area contributed by atoms with Crippen LogP contribution in [0.2, 0.25) is 0 Å². The summed E-state index contributed by atoms with van der Waals surface area (Å²) in [5, 5.41) is 21.5. The molecule has 0 radical (unpaired) electrons. The molecule has 9 nitrogen and oxygen atoms in total. The molecule has 2 aromatic rings. The van der Waals surface area contributed by atoms with Crippen LogP contribution in [0.25, 0.3) is 16.6 Å². The minimum Gasteiger partial charge on any atom is -0.506 e. The molecule has 0 unspecified atom stereocenters. The zero-order valence-electron chi connectivity index (χ0n) is 16.9. The van der Waals surface area contributed by atoms with Gasteiger partial charge in [-0.3, -0.25) is 19.0 Å². The summed E-state index contributed by atoms with van der Waals surface area (Å²) in [5.41, 5.74) is -0.111. The number of aryl methyl sites for hydroxylation is 1. The minimum absolute atomic E-state index is 0.165. The number of amides is 1. The number of aromatic nitrogens is 3. The van der Waals surface area contributed by atoms with Crippen molar-refractivity contribution in [2.45, 2.75) is 45.6 Å². The maximum absolute atomic E-state index is 12.6. The number of ether oxygens (including phenoxy) is 1. The van der Waals surface area contributed by atoms with E-state index in [1.165, 1.54) is 7.05 Å². The van der Waals surface area contributed by atoms with Crippen LogP contribution in [0.15, 0.2) is 16.9 Å². The van der Waals surface area contributed by atoms with E-state index < -0.39 is 40.9 Å². The van der Waals surface area contributed by atoms with Gasteiger partial charge in [-0.1, -0.05) is 6.08 Å². The molecular weight excluding hydrogens is 376 g/mol. The number of esters is 1. The summed E-state index contributed by atoms with van der Waals surface area (Å²) in [6.07, 6.45) is 4.89. The van der Waals surface area contributed by atoms with E-state index in [9.17, 15) is 19.5 Å². The highest BCUT2D eigenvalue weighted by molar-refractivity contribution is 6.02. The van der Waals surface area contributed by atoms with Crippen LogP contribution in [-0.2, 0) is 16.6 Å². The van der Waals surface area contributed by atoms with E-state index in [1.807, 2.05) is 0 Å². The maximum Gasteiger partial charge on any atom is 0.325 e. The summed E-state index contributed by atoms with van der Waals surface area (Å²) in [7, 11) is 1.44. The lowest BCUT2D eigenvalue weighted by molar-refractivity contribution is -0.153. The zero-order valence-corrected chi connectivity index (χ0v) is 16.9. The van der Waals surface area contributed by atoms with Crippen LogP contribution in [0.4, 0.5) is 0 Å². The summed E-state index contributed by atoms with van der Waals surface area (Å²) in [5.74, 6) is -2.00. The van der Waals surface area contributed by atoms with Crippen molar-refractivity contribution in [2.24, 2.45) is 7.05 Å². The van der Waals surface area contributed by atoms with Gasteiger partial charge in [0.05, 0.1) is 11.1 Å². The first-order valence-corrected chi connectivity index (χ1v) is 9.37. The molecule has 154 valence electrons. The highest BCUT2D eigenvalue weighted by Gasteiger charge is 2.24. The van der Waals surface area contributed by atoms with Crippen molar-refractivity contribution >= 4 is 28.5 Å². The molecule has 1 aliphatic carbocycles. The van der Waals surface area contributed by atoms with Crippen molar-refractivity contribution in [3.63, 3.8) is 0 Å². The average Bonchev–Trinajstić information content (AvgIpc) is 3.17. The van der Waals surface area contributed by atoms with Gasteiger partial charge in [-0.05, 0) is 51.7 Å². The Morgan fingerprint density at radius 2 is 2.03 bits per heavy atom. The number of rotatable bonds is 4. The van der Waals surface area contributed by atoms with Crippen molar-refractivity contribution < 1.29 is 19.4 Å². The number of pyridine rings is 1. The summed E-state index contributed by atoms with van der Waals surface area (Å²) in [6, 6.07) is 1.62. The van der Waals surface area contributed by atoms with E-state index in [4.69, 9.17) is 4.74 Å². The third-order valence-electron chi connectivity index (χ3n) is 4.51. The predicted octanol–water partition coefficient (Wildman–Crippen LogP) is 1.67. The Bertz CT molecular complexity index is 1080. The van der Waals surface area contributed by atoms with Crippen LogP contribution in [-0.4, -0.2) is 43.9 Å². The molecule has 0 saturated heterocycles. The van der Waals surface area contributed by atoms with E-state index in [2.05, 4.69) is 21.6 Å². The summed E-state index contributed by atoms with van der Waals surface area (Å²) < 4.78 is 6.28. The van der Waals surface area contributed by atoms with Crippen LogP contribution < -0.4 is 10.9 Å². The van der Waals surface area contributed by atoms with Crippen LogP contribution in [0.1, 0.15) is 56.1 Å². The van der Waals surface area contributed by atoms with Gasteiger partial charge < -0.3 is 15.2 Å². The molecule has 0 aromatic carbocycles. The van der Waals surface area contributed by atoms with E-state index >= 15 is 0 Å². The monoisotopic (exact) mass is 400 g/mol. The summed E-state index contributed by atoms with van der Waals surface area (Å²) >= 11 is 0. The minimum atomic E-state index is -0.866. The second-order valence-corrected chi connectivity index (χ2v) is 7.95. The second kappa shape index (κ2) is 7.65. The van der Waals surface area contributed by atoms with Gasteiger partial charge in [-0.25, -0.2) is 0 Å². The van der Waals surface area contributed by atoms with E-state index in [1.54, 1.807) is 26.8 Å². The number of hydrogen-bond acceptors (Lipinski definition) is 7. The largest absolute Gasteiger partial charge is 0.506 e. The van der Waals surface area contributed by atoms with Gasteiger partial charge >= 0.3 is 5.97 Å². The van der Waals surface area contributed by atoms with Crippen LogP contribution in [0.5, 0.6) is 5.75 Å². The number of nitrogens with one attached hydrogen (secondary N) is 1. The molecule has 2 N–H and O–H groups in total. The van der Waals surface area contributed by atoms with E-state index in [-0.39, 0.29) is 11.0 Å². The molecular formula is C20H24N4O5.